The number of carbonyl (C=O) groups is 1. The van der Waals surface area contributed by atoms with E-state index in [1.54, 1.807) is 12.1 Å². The lowest BCUT2D eigenvalue weighted by atomic mass is 10.2. The summed E-state index contributed by atoms with van der Waals surface area (Å²) in [7, 11) is 0. The summed E-state index contributed by atoms with van der Waals surface area (Å²) in [4.78, 5) is 11.7. The van der Waals surface area contributed by atoms with E-state index in [9.17, 15) is 14.3 Å². The fourth-order valence-corrected chi connectivity index (χ4v) is 1.58. The number of halogens is 1. The van der Waals surface area contributed by atoms with Gasteiger partial charge in [0.1, 0.15) is 18.2 Å². The van der Waals surface area contributed by atoms with E-state index >= 15 is 0 Å². The van der Waals surface area contributed by atoms with E-state index in [1.165, 1.54) is 24.3 Å². The molecule has 2 aromatic rings. The van der Waals surface area contributed by atoms with Gasteiger partial charge in [0.2, 0.25) is 0 Å². The number of esters is 1. The first-order chi connectivity index (χ1) is 9.06. The minimum absolute atomic E-state index is 0.0137. The number of aromatic hydroxyl groups is 1. The molecule has 0 saturated heterocycles. The molecule has 0 fully saturated rings. The summed E-state index contributed by atoms with van der Waals surface area (Å²) < 4.78 is 18.0. The molecule has 3 N–H and O–H groups in total. The Labute approximate surface area is 109 Å². The van der Waals surface area contributed by atoms with Gasteiger partial charge in [-0.3, -0.25) is 0 Å². The van der Waals surface area contributed by atoms with E-state index in [4.69, 9.17) is 10.5 Å². The van der Waals surface area contributed by atoms with Crippen LogP contribution in [0.2, 0.25) is 0 Å². The Bertz CT molecular complexity index is 613. The number of ether oxygens (including phenoxy) is 1. The van der Waals surface area contributed by atoms with E-state index in [2.05, 4.69) is 0 Å². The zero-order chi connectivity index (χ0) is 13.8. The Morgan fingerprint density at radius 3 is 2.79 bits per heavy atom. The third kappa shape index (κ3) is 3.22. The zero-order valence-electron chi connectivity index (χ0n) is 9.97. The normalized spacial score (nSPS) is 10.2. The Morgan fingerprint density at radius 1 is 1.26 bits per heavy atom. The molecule has 98 valence electrons. The molecule has 19 heavy (non-hydrogen) atoms. The minimum atomic E-state index is -0.708. The van der Waals surface area contributed by atoms with Crippen molar-refractivity contribution in [2.24, 2.45) is 0 Å². The van der Waals surface area contributed by atoms with Crippen molar-refractivity contribution in [3.05, 3.63) is 59.4 Å². The number of phenolic OH excluding ortho intramolecular Hbond substituents is 1. The van der Waals surface area contributed by atoms with Crippen LogP contribution in [0.4, 0.5) is 10.1 Å². The smallest absolute Gasteiger partial charge is 0.340 e. The summed E-state index contributed by atoms with van der Waals surface area (Å²) in [5, 5.41) is 9.27. The van der Waals surface area contributed by atoms with Crippen LogP contribution in [0.5, 0.6) is 5.75 Å². The Hall–Kier alpha value is -2.56. The number of benzene rings is 2. The summed E-state index contributed by atoms with van der Waals surface area (Å²) in [5.41, 5.74) is 6.35. The maximum Gasteiger partial charge on any atom is 0.340 e. The molecule has 2 rings (SSSR count). The molecule has 0 aliphatic heterocycles. The Balaban J connectivity index is 2.07. The van der Waals surface area contributed by atoms with E-state index in [0.717, 1.165) is 6.07 Å². The number of hydrogen-bond acceptors (Lipinski definition) is 4. The van der Waals surface area contributed by atoms with Gasteiger partial charge in [0.15, 0.2) is 0 Å². The van der Waals surface area contributed by atoms with Crippen LogP contribution < -0.4 is 5.73 Å². The highest BCUT2D eigenvalue weighted by Gasteiger charge is 2.12. The van der Waals surface area contributed by atoms with Crippen LogP contribution in [0, 0.1) is 5.82 Å². The lowest BCUT2D eigenvalue weighted by Gasteiger charge is -2.07. The molecule has 2 aromatic carbocycles. The molecule has 0 amide bonds. The Morgan fingerprint density at radius 2 is 2.05 bits per heavy atom. The van der Waals surface area contributed by atoms with Crippen molar-refractivity contribution in [2.75, 3.05) is 5.73 Å². The van der Waals surface area contributed by atoms with Gasteiger partial charge in [-0.2, -0.15) is 0 Å². The molecule has 0 atom stereocenters. The van der Waals surface area contributed by atoms with Gasteiger partial charge < -0.3 is 15.6 Å². The summed E-state index contributed by atoms with van der Waals surface area (Å²) in [6.07, 6.45) is 0. The monoisotopic (exact) mass is 261 g/mol. The SMILES string of the molecule is Nc1ccc(F)cc1C(=O)OCc1cccc(O)c1. The second-order valence-corrected chi connectivity index (χ2v) is 3.98. The topological polar surface area (TPSA) is 72.6 Å². The molecular formula is C14H12FNO3. The van der Waals surface area contributed by atoms with Crippen molar-refractivity contribution in [3.63, 3.8) is 0 Å². The molecule has 0 aliphatic carbocycles. The van der Waals surface area contributed by atoms with Crippen molar-refractivity contribution in [3.8, 4) is 5.75 Å². The van der Waals surface area contributed by atoms with Crippen molar-refractivity contribution >= 4 is 11.7 Å². The molecule has 4 nitrogen and oxygen atoms in total. The fraction of sp³-hybridized carbons (Fsp3) is 0.0714. The van der Waals surface area contributed by atoms with Crippen LogP contribution >= 0.6 is 0 Å². The number of nitrogens with two attached hydrogens (primary N) is 1. The average molecular weight is 261 g/mol. The van der Waals surface area contributed by atoms with Crippen molar-refractivity contribution in [1.29, 1.82) is 0 Å². The first kappa shape index (κ1) is 12.9. The maximum atomic E-state index is 13.0. The van der Waals surface area contributed by atoms with Crippen LogP contribution in [0.25, 0.3) is 0 Å². The quantitative estimate of drug-likeness (QED) is 0.657. The molecule has 0 heterocycles. The minimum Gasteiger partial charge on any atom is -0.508 e. The van der Waals surface area contributed by atoms with Gasteiger partial charge in [-0.15, -0.1) is 0 Å². The second-order valence-electron chi connectivity index (χ2n) is 3.98. The number of rotatable bonds is 3. The van der Waals surface area contributed by atoms with E-state index in [-0.39, 0.29) is 23.6 Å². The van der Waals surface area contributed by atoms with Crippen LogP contribution in [0.15, 0.2) is 42.5 Å². The van der Waals surface area contributed by atoms with Gasteiger partial charge in [-0.25, -0.2) is 9.18 Å². The first-order valence-corrected chi connectivity index (χ1v) is 5.56. The number of carbonyl (C=O) groups excluding carboxylic acids is 1. The zero-order valence-corrected chi connectivity index (χ0v) is 9.97. The van der Waals surface area contributed by atoms with Gasteiger partial charge in [0.05, 0.1) is 5.56 Å². The van der Waals surface area contributed by atoms with Crippen LogP contribution in [0.3, 0.4) is 0 Å². The van der Waals surface area contributed by atoms with Crippen molar-refractivity contribution in [2.45, 2.75) is 6.61 Å². The second kappa shape index (κ2) is 5.39. The lowest BCUT2D eigenvalue weighted by Crippen LogP contribution is -2.08. The average Bonchev–Trinajstić information content (AvgIpc) is 2.39. The fourth-order valence-electron chi connectivity index (χ4n) is 1.58. The van der Waals surface area contributed by atoms with E-state index in [1.807, 2.05) is 0 Å². The number of nitrogen functional groups attached to an aromatic ring is 1. The number of hydrogen-bond donors (Lipinski definition) is 2. The van der Waals surface area contributed by atoms with Gasteiger partial charge in [-0.1, -0.05) is 12.1 Å². The van der Waals surface area contributed by atoms with Crippen LogP contribution in [-0.2, 0) is 11.3 Å². The van der Waals surface area contributed by atoms with E-state index < -0.39 is 11.8 Å². The molecule has 0 aromatic heterocycles. The third-order valence-corrected chi connectivity index (χ3v) is 2.52. The van der Waals surface area contributed by atoms with Crippen LogP contribution in [-0.4, -0.2) is 11.1 Å². The van der Waals surface area contributed by atoms with Gasteiger partial charge >= 0.3 is 5.97 Å². The van der Waals surface area contributed by atoms with Crippen LogP contribution in [0.1, 0.15) is 15.9 Å². The number of phenols is 1. The van der Waals surface area contributed by atoms with Gasteiger partial charge in [0.25, 0.3) is 0 Å². The molecule has 0 bridgehead atoms. The Kier molecular flexibility index (Phi) is 3.66. The largest absolute Gasteiger partial charge is 0.508 e. The highest BCUT2D eigenvalue weighted by molar-refractivity contribution is 5.95. The highest BCUT2D eigenvalue weighted by Crippen LogP contribution is 2.16. The summed E-state index contributed by atoms with van der Waals surface area (Å²) >= 11 is 0. The van der Waals surface area contributed by atoms with Gasteiger partial charge in [0, 0.05) is 5.69 Å². The highest BCUT2D eigenvalue weighted by atomic mass is 19.1. The third-order valence-electron chi connectivity index (χ3n) is 2.52. The molecule has 0 radical (unpaired) electrons. The molecule has 0 saturated carbocycles. The predicted octanol–water partition coefficient (Wildman–Crippen LogP) is 2.47. The molecule has 0 spiro atoms. The van der Waals surface area contributed by atoms with Crippen molar-refractivity contribution < 1.29 is 19.0 Å². The summed E-state index contributed by atoms with van der Waals surface area (Å²) in [6, 6.07) is 9.82. The predicted molar refractivity (Wildman–Crippen MR) is 68.0 cm³/mol. The van der Waals surface area contributed by atoms with Gasteiger partial charge in [-0.05, 0) is 35.9 Å². The van der Waals surface area contributed by atoms with Crippen molar-refractivity contribution in [1.82, 2.24) is 0 Å². The molecule has 5 heteroatoms. The molecule has 0 aliphatic rings. The molecule has 0 unspecified atom stereocenters. The molecular weight excluding hydrogens is 249 g/mol. The lowest BCUT2D eigenvalue weighted by molar-refractivity contribution is 0.0473. The first-order valence-electron chi connectivity index (χ1n) is 5.56. The summed E-state index contributed by atoms with van der Waals surface area (Å²) in [5.74, 6) is -1.18. The van der Waals surface area contributed by atoms with E-state index in [0.29, 0.717) is 5.56 Å². The number of anilines is 1. The standard InChI is InChI=1S/C14H12FNO3/c15-10-4-5-13(16)12(7-10)14(18)19-8-9-2-1-3-11(17)6-9/h1-7,17H,8,16H2. The summed E-state index contributed by atoms with van der Waals surface area (Å²) in [6.45, 7) is -0.0246. The maximum absolute atomic E-state index is 13.0.